The van der Waals surface area contributed by atoms with Crippen molar-refractivity contribution >= 4 is 5.91 Å². The monoisotopic (exact) mass is 368 g/mol. The highest BCUT2D eigenvalue weighted by Gasteiger charge is 2.33. The summed E-state index contributed by atoms with van der Waals surface area (Å²) in [5, 5.41) is 7.92. The van der Waals surface area contributed by atoms with Gasteiger partial charge in [-0.25, -0.2) is 0 Å². The molecule has 2 aromatic rings. The largest absolute Gasteiger partial charge is 0.349 e. The molecule has 1 fully saturated rings. The van der Waals surface area contributed by atoms with Crippen LogP contribution in [0.4, 0.5) is 0 Å². The second-order valence-electron chi connectivity index (χ2n) is 8.03. The first kappa shape index (κ1) is 19.6. The Morgan fingerprint density at radius 3 is 2.48 bits per heavy atom. The summed E-state index contributed by atoms with van der Waals surface area (Å²) in [5.41, 5.74) is 11.6. The van der Waals surface area contributed by atoms with Crippen LogP contribution in [0.3, 0.4) is 0 Å². The maximum absolute atomic E-state index is 12.5. The lowest BCUT2D eigenvalue weighted by Gasteiger charge is -2.28. The second-order valence-corrected chi connectivity index (χ2v) is 8.03. The summed E-state index contributed by atoms with van der Waals surface area (Å²) in [5.74, 6) is 0.104. The average molecular weight is 369 g/mol. The van der Waals surface area contributed by atoms with Crippen molar-refractivity contribution in [3.8, 4) is 0 Å². The Morgan fingerprint density at radius 1 is 1.19 bits per heavy atom. The highest BCUT2D eigenvalue weighted by atomic mass is 16.1. The fourth-order valence-electron chi connectivity index (χ4n) is 4.14. The first-order valence-electron chi connectivity index (χ1n) is 10.0. The molecule has 3 N–H and O–H groups in total. The number of carbonyl (C=O) groups excluding carboxylic acids is 1. The minimum Gasteiger partial charge on any atom is -0.349 e. The van der Waals surface area contributed by atoms with E-state index in [2.05, 4.69) is 43.4 Å². The molecular formula is C22H32N4O. The Bertz CT molecular complexity index is 785. The van der Waals surface area contributed by atoms with Crippen LogP contribution in [0.5, 0.6) is 0 Å². The van der Waals surface area contributed by atoms with E-state index in [1.807, 2.05) is 11.6 Å². The number of amides is 1. The van der Waals surface area contributed by atoms with Crippen LogP contribution in [0.1, 0.15) is 60.2 Å². The van der Waals surface area contributed by atoms with Crippen molar-refractivity contribution < 1.29 is 4.79 Å². The maximum Gasteiger partial charge on any atom is 0.220 e. The molecule has 0 atom stereocenters. The molecule has 0 saturated heterocycles. The Morgan fingerprint density at radius 2 is 1.85 bits per heavy atom. The number of hydrogen-bond donors (Lipinski definition) is 2. The molecule has 1 heterocycles. The molecule has 1 saturated carbocycles. The highest BCUT2D eigenvalue weighted by Crippen LogP contribution is 2.28. The molecule has 1 aliphatic carbocycles. The van der Waals surface area contributed by atoms with Crippen LogP contribution in [0.15, 0.2) is 24.3 Å². The zero-order chi connectivity index (χ0) is 19.4. The zero-order valence-electron chi connectivity index (χ0n) is 16.8. The average Bonchev–Trinajstić information content (AvgIpc) is 3.21. The lowest BCUT2D eigenvalue weighted by atomic mass is 9.97. The van der Waals surface area contributed by atoms with Crippen LogP contribution < -0.4 is 11.1 Å². The van der Waals surface area contributed by atoms with Gasteiger partial charge in [-0.3, -0.25) is 9.48 Å². The van der Waals surface area contributed by atoms with Gasteiger partial charge in [-0.1, -0.05) is 42.7 Å². The summed E-state index contributed by atoms with van der Waals surface area (Å²) in [6.07, 6.45) is 5.52. The number of carbonyl (C=O) groups is 1. The molecule has 27 heavy (non-hydrogen) atoms. The van der Waals surface area contributed by atoms with E-state index < -0.39 is 0 Å². The first-order valence-corrected chi connectivity index (χ1v) is 10.0. The van der Waals surface area contributed by atoms with Gasteiger partial charge in [-0.05, 0) is 51.2 Å². The maximum atomic E-state index is 12.5. The first-order chi connectivity index (χ1) is 12.9. The summed E-state index contributed by atoms with van der Waals surface area (Å²) in [7, 11) is 0. The fourth-order valence-corrected chi connectivity index (χ4v) is 4.14. The lowest BCUT2D eigenvalue weighted by molar-refractivity contribution is -0.122. The van der Waals surface area contributed by atoms with Crippen molar-refractivity contribution in [2.24, 2.45) is 5.73 Å². The zero-order valence-corrected chi connectivity index (χ0v) is 16.8. The predicted octanol–water partition coefficient (Wildman–Crippen LogP) is 3.18. The molecule has 1 aromatic heterocycles. The summed E-state index contributed by atoms with van der Waals surface area (Å²) in [6, 6.07) is 8.55. The van der Waals surface area contributed by atoms with Gasteiger partial charge >= 0.3 is 0 Å². The van der Waals surface area contributed by atoms with Crippen molar-refractivity contribution in [2.45, 2.75) is 71.4 Å². The normalized spacial score (nSPS) is 15.9. The summed E-state index contributed by atoms with van der Waals surface area (Å²) < 4.78 is 2.05. The van der Waals surface area contributed by atoms with E-state index in [1.165, 1.54) is 16.7 Å². The van der Waals surface area contributed by atoms with Crippen molar-refractivity contribution in [1.82, 2.24) is 15.1 Å². The summed E-state index contributed by atoms with van der Waals surface area (Å²) in [6.45, 7) is 7.52. The van der Waals surface area contributed by atoms with Crippen molar-refractivity contribution in [3.63, 3.8) is 0 Å². The van der Waals surface area contributed by atoms with Gasteiger partial charge < -0.3 is 11.1 Å². The van der Waals surface area contributed by atoms with Gasteiger partial charge in [-0.15, -0.1) is 0 Å². The van der Waals surface area contributed by atoms with E-state index >= 15 is 0 Å². The van der Waals surface area contributed by atoms with Crippen molar-refractivity contribution in [3.05, 3.63) is 52.3 Å². The molecule has 1 amide bonds. The van der Waals surface area contributed by atoms with Crippen LogP contribution in [0.2, 0.25) is 0 Å². The Balaban J connectivity index is 1.62. The third kappa shape index (κ3) is 4.59. The van der Waals surface area contributed by atoms with E-state index in [9.17, 15) is 4.79 Å². The Labute approximate surface area is 162 Å². The highest BCUT2D eigenvalue weighted by molar-refractivity contribution is 5.77. The van der Waals surface area contributed by atoms with Crippen molar-refractivity contribution in [2.75, 3.05) is 6.54 Å². The van der Waals surface area contributed by atoms with E-state index in [0.717, 1.165) is 50.0 Å². The molecule has 0 radical (unpaired) electrons. The topological polar surface area (TPSA) is 72.9 Å². The minimum atomic E-state index is -0.170. The number of hydrogen-bond acceptors (Lipinski definition) is 3. The number of nitrogens with two attached hydrogens (primary N) is 1. The van der Waals surface area contributed by atoms with Crippen LogP contribution >= 0.6 is 0 Å². The standard InChI is InChI=1S/C22H32N4O/c1-16-6-8-19(9-7-16)14-26-18(3)20(17(2)25-26)10-11-21(27)24-22(15-23)12-4-5-13-22/h6-9H,4-5,10-15,23H2,1-3H3,(H,24,27). The molecule has 0 aliphatic heterocycles. The van der Waals surface area contributed by atoms with Crippen LogP contribution in [0, 0.1) is 20.8 Å². The van der Waals surface area contributed by atoms with Gasteiger partial charge in [0.05, 0.1) is 17.8 Å². The van der Waals surface area contributed by atoms with Crippen LogP contribution in [-0.2, 0) is 17.8 Å². The summed E-state index contributed by atoms with van der Waals surface area (Å²) >= 11 is 0. The van der Waals surface area contributed by atoms with Gasteiger partial charge in [0.25, 0.3) is 0 Å². The number of benzene rings is 1. The van der Waals surface area contributed by atoms with E-state index in [-0.39, 0.29) is 11.4 Å². The van der Waals surface area contributed by atoms with Gasteiger partial charge in [0.15, 0.2) is 0 Å². The molecule has 5 nitrogen and oxygen atoms in total. The molecule has 0 spiro atoms. The number of nitrogens with zero attached hydrogens (tertiary/aromatic N) is 2. The van der Waals surface area contributed by atoms with E-state index in [1.54, 1.807) is 0 Å². The molecular weight excluding hydrogens is 336 g/mol. The smallest absolute Gasteiger partial charge is 0.220 e. The third-order valence-corrected chi connectivity index (χ3v) is 5.94. The van der Waals surface area contributed by atoms with Crippen LogP contribution in [-0.4, -0.2) is 27.8 Å². The molecule has 0 unspecified atom stereocenters. The van der Waals surface area contributed by atoms with Crippen LogP contribution in [0.25, 0.3) is 0 Å². The molecule has 0 bridgehead atoms. The van der Waals surface area contributed by atoms with E-state index in [0.29, 0.717) is 13.0 Å². The minimum absolute atomic E-state index is 0.104. The molecule has 5 heteroatoms. The van der Waals surface area contributed by atoms with Gasteiger partial charge in [0.2, 0.25) is 5.91 Å². The van der Waals surface area contributed by atoms with Crippen molar-refractivity contribution in [1.29, 1.82) is 0 Å². The quantitative estimate of drug-likeness (QED) is 0.788. The Kier molecular flexibility index (Phi) is 6.00. The van der Waals surface area contributed by atoms with Gasteiger partial charge in [0.1, 0.15) is 0 Å². The second kappa shape index (κ2) is 8.26. The number of aryl methyl sites for hydroxylation is 2. The third-order valence-electron chi connectivity index (χ3n) is 5.94. The number of aromatic nitrogens is 2. The molecule has 1 aromatic carbocycles. The Hall–Kier alpha value is -2.14. The molecule has 3 rings (SSSR count). The SMILES string of the molecule is Cc1ccc(Cn2nc(C)c(CCC(=O)NC3(CN)CCCC3)c2C)cc1. The van der Waals surface area contributed by atoms with Gasteiger partial charge in [-0.2, -0.15) is 5.10 Å². The van der Waals surface area contributed by atoms with E-state index in [4.69, 9.17) is 10.8 Å². The lowest BCUT2D eigenvalue weighted by Crippen LogP contribution is -2.51. The predicted molar refractivity (Wildman–Crippen MR) is 109 cm³/mol. The molecule has 146 valence electrons. The summed E-state index contributed by atoms with van der Waals surface area (Å²) in [4.78, 5) is 12.5. The number of nitrogens with one attached hydrogen (secondary N) is 1. The van der Waals surface area contributed by atoms with Gasteiger partial charge in [0, 0.05) is 18.7 Å². The molecule has 1 aliphatic rings. The fraction of sp³-hybridized carbons (Fsp3) is 0.545. The number of rotatable bonds is 7.